The van der Waals surface area contributed by atoms with Crippen LogP contribution >= 0.6 is 36.2 Å². The van der Waals surface area contributed by atoms with Crippen molar-refractivity contribution in [3.8, 4) is 0 Å². The van der Waals surface area contributed by atoms with Crippen molar-refractivity contribution in [2.45, 2.75) is 44.8 Å². The van der Waals surface area contributed by atoms with Crippen LogP contribution in [0.4, 0.5) is 0 Å². The van der Waals surface area contributed by atoms with E-state index < -0.39 is 0 Å². The van der Waals surface area contributed by atoms with Gasteiger partial charge in [0.2, 0.25) is 0 Å². The topological polar surface area (TPSA) is 68.1 Å². The van der Waals surface area contributed by atoms with E-state index >= 15 is 0 Å². The molecule has 0 bridgehead atoms. The van der Waals surface area contributed by atoms with Crippen LogP contribution in [-0.2, 0) is 16.0 Å². The molecule has 184 valence electrons. The number of aromatic nitrogens is 2. The lowest BCUT2D eigenvalue weighted by atomic mass is 10.0. The van der Waals surface area contributed by atoms with E-state index in [0.29, 0.717) is 4.88 Å². The van der Waals surface area contributed by atoms with Crippen LogP contribution in [0, 0.1) is 0 Å². The van der Waals surface area contributed by atoms with Gasteiger partial charge in [0.05, 0.1) is 16.6 Å². The van der Waals surface area contributed by atoms with E-state index in [1.165, 1.54) is 16.9 Å². The highest BCUT2D eigenvalue weighted by Crippen LogP contribution is 2.26. The van der Waals surface area contributed by atoms with Crippen molar-refractivity contribution in [1.82, 2.24) is 19.6 Å². The molecule has 0 saturated carbocycles. The fraction of sp³-hybridized carbons (Fsp3) is 0.565. The summed E-state index contributed by atoms with van der Waals surface area (Å²) in [5.41, 5.74) is 3.14. The van der Waals surface area contributed by atoms with Crippen molar-refractivity contribution >= 4 is 58.1 Å². The predicted molar refractivity (Wildman–Crippen MR) is 138 cm³/mol. The Labute approximate surface area is 211 Å². The van der Waals surface area contributed by atoms with Gasteiger partial charge >= 0.3 is 0 Å². The Kier molecular flexibility index (Phi) is 10.4. The Hall–Kier alpha value is -1.42. The molecule has 1 aliphatic heterocycles. The number of unbranched alkanes of at least 4 members (excludes halogenated alkanes) is 1. The number of imidazole rings is 1. The summed E-state index contributed by atoms with van der Waals surface area (Å²) in [4.78, 5) is 20.9. The summed E-state index contributed by atoms with van der Waals surface area (Å²) in [6.07, 6.45) is 6.05. The van der Waals surface area contributed by atoms with E-state index in [1.807, 2.05) is 17.6 Å². The molecule has 1 aliphatic rings. The van der Waals surface area contributed by atoms with Gasteiger partial charge in [0.15, 0.2) is 4.96 Å². The van der Waals surface area contributed by atoms with Crippen LogP contribution in [0.25, 0.3) is 16.0 Å². The van der Waals surface area contributed by atoms with Crippen LogP contribution in [-0.4, -0.2) is 66.3 Å². The molecule has 1 N–H and O–H groups in total. The van der Waals surface area contributed by atoms with Crippen molar-refractivity contribution in [2.75, 3.05) is 40.5 Å². The Morgan fingerprint density at radius 1 is 1.36 bits per heavy atom. The van der Waals surface area contributed by atoms with Gasteiger partial charge in [-0.05, 0) is 50.3 Å². The smallest absolute Gasteiger partial charge is 0.265 e. The second-order valence-corrected chi connectivity index (χ2v) is 9.62. The third-order valence-corrected chi connectivity index (χ3v) is 6.92. The standard InChI is InChI=1S/C23H32N4O3S.2ClH/c1-23(9-6-12-30-23)16-24-14-17-7-8-18-19(13-17)27-15-20(31-22(27)25-18)21(28)26(2)10-4-5-11-29-3;;/h7-8,13,15,24H,4-6,9-12,14,16H2,1-3H3;2*1H/t23-;;/m0../s1. The normalized spacial score (nSPS) is 17.8. The van der Waals surface area contributed by atoms with E-state index in [2.05, 4.69) is 30.4 Å². The number of nitrogens with zero attached hydrogens (tertiary/aromatic N) is 3. The third-order valence-electron chi connectivity index (χ3n) is 5.95. The third kappa shape index (κ3) is 6.59. The second kappa shape index (κ2) is 12.3. The van der Waals surface area contributed by atoms with Gasteiger partial charge in [-0.3, -0.25) is 9.20 Å². The zero-order valence-electron chi connectivity index (χ0n) is 19.5. The van der Waals surface area contributed by atoms with Crippen LogP contribution in [0.2, 0.25) is 0 Å². The summed E-state index contributed by atoms with van der Waals surface area (Å²) < 4.78 is 13.0. The number of hydrogen-bond donors (Lipinski definition) is 1. The van der Waals surface area contributed by atoms with Crippen LogP contribution in [0.15, 0.2) is 24.4 Å². The molecule has 0 unspecified atom stereocenters. The van der Waals surface area contributed by atoms with Crippen molar-refractivity contribution < 1.29 is 14.3 Å². The molecular weight excluding hydrogens is 483 g/mol. The van der Waals surface area contributed by atoms with Crippen LogP contribution in [0.3, 0.4) is 0 Å². The molecule has 3 aromatic rings. The van der Waals surface area contributed by atoms with Crippen molar-refractivity contribution in [3.63, 3.8) is 0 Å². The fourth-order valence-electron chi connectivity index (χ4n) is 4.10. The Morgan fingerprint density at radius 2 is 2.18 bits per heavy atom. The Balaban J connectivity index is 0.00000193. The fourth-order valence-corrected chi connectivity index (χ4v) is 5.09. The van der Waals surface area contributed by atoms with E-state index in [0.717, 1.165) is 74.5 Å². The zero-order chi connectivity index (χ0) is 21.8. The highest BCUT2D eigenvalue weighted by atomic mass is 35.5. The van der Waals surface area contributed by atoms with Crippen molar-refractivity contribution in [1.29, 1.82) is 0 Å². The minimum absolute atomic E-state index is 0. The maximum atomic E-state index is 12.8. The molecule has 1 amide bonds. The lowest BCUT2D eigenvalue weighted by Gasteiger charge is -2.23. The summed E-state index contributed by atoms with van der Waals surface area (Å²) in [7, 11) is 3.56. The molecule has 10 heteroatoms. The minimum atomic E-state index is -0.0494. The number of benzene rings is 1. The number of amides is 1. The van der Waals surface area contributed by atoms with E-state index in [9.17, 15) is 4.79 Å². The molecule has 0 spiro atoms. The molecule has 1 aromatic carbocycles. The Morgan fingerprint density at radius 3 is 2.91 bits per heavy atom. The number of carbonyl (C=O) groups excluding carboxylic acids is 1. The first-order valence-electron chi connectivity index (χ1n) is 11.0. The maximum Gasteiger partial charge on any atom is 0.265 e. The summed E-state index contributed by atoms with van der Waals surface area (Å²) >= 11 is 1.45. The molecule has 2 aromatic heterocycles. The van der Waals surface area contributed by atoms with Gasteiger partial charge in [-0.15, -0.1) is 24.8 Å². The van der Waals surface area contributed by atoms with Gasteiger partial charge in [-0.1, -0.05) is 17.4 Å². The summed E-state index contributed by atoms with van der Waals surface area (Å²) in [5.74, 6) is 0.0451. The molecule has 1 atom stereocenters. The van der Waals surface area contributed by atoms with Crippen molar-refractivity contribution in [2.24, 2.45) is 0 Å². The zero-order valence-corrected chi connectivity index (χ0v) is 21.9. The lowest BCUT2D eigenvalue weighted by Crippen LogP contribution is -2.36. The van der Waals surface area contributed by atoms with Crippen LogP contribution in [0.5, 0.6) is 0 Å². The molecule has 33 heavy (non-hydrogen) atoms. The monoisotopic (exact) mass is 516 g/mol. The number of methoxy groups -OCH3 is 1. The largest absolute Gasteiger partial charge is 0.385 e. The number of thiazole rings is 1. The SMILES string of the molecule is COCCCCN(C)C(=O)c1cn2c(nc3ccc(CNC[C@]4(C)CCCO4)cc32)s1.Cl.Cl. The quantitative estimate of drug-likeness (QED) is 0.400. The van der Waals surface area contributed by atoms with Crippen LogP contribution < -0.4 is 5.32 Å². The van der Waals surface area contributed by atoms with Gasteiger partial charge in [0.1, 0.15) is 4.88 Å². The number of rotatable bonds is 10. The highest BCUT2D eigenvalue weighted by molar-refractivity contribution is 7.18. The van der Waals surface area contributed by atoms with E-state index in [-0.39, 0.29) is 36.3 Å². The number of carbonyl (C=O) groups is 1. The van der Waals surface area contributed by atoms with Gasteiger partial charge in [-0.2, -0.15) is 0 Å². The molecule has 0 aliphatic carbocycles. The van der Waals surface area contributed by atoms with Gasteiger partial charge in [0.25, 0.3) is 5.91 Å². The van der Waals surface area contributed by atoms with Gasteiger partial charge < -0.3 is 19.7 Å². The minimum Gasteiger partial charge on any atom is -0.385 e. The molecular formula is C23H34Cl2N4O3S. The molecule has 1 fully saturated rings. The number of fused-ring (bicyclic) bond motifs is 3. The van der Waals surface area contributed by atoms with E-state index in [1.54, 1.807) is 12.0 Å². The lowest BCUT2D eigenvalue weighted by molar-refractivity contribution is 0.0207. The van der Waals surface area contributed by atoms with Crippen LogP contribution in [0.1, 0.15) is 47.8 Å². The number of halogens is 2. The number of ether oxygens (including phenoxy) is 2. The molecule has 3 heterocycles. The van der Waals surface area contributed by atoms with E-state index in [4.69, 9.17) is 14.5 Å². The van der Waals surface area contributed by atoms with Crippen molar-refractivity contribution in [3.05, 3.63) is 34.8 Å². The summed E-state index contributed by atoms with van der Waals surface area (Å²) in [6, 6.07) is 6.34. The first kappa shape index (κ1) is 27.8. The first-order chi connectivity index (χ1) is 15.0. The average Bonchev–Trinajstić information content (AvgIpc) is 3.45. The molecule has 0 radical (unpaired) electrons. The predicted octanol–water partition coefficient (Wildman–Crippen LogP) is 4.55. The molecule has 1 saturated heterocycles. The second-order valence-electron chi connectivity index (χ2n) is 8.61. The van der Waals surface area contributed by atoms with Gasteiger partial charge in [0, 0.05) is 53.2 Å². The molecule has 7 nitrogen and oxygen atoms in total. The first-order valence-corrected chi connectivity index (χ1v) is 11.8. The average molecular weight is 518 g/mol. The number of hydrogen-bond acceptors (Lipinski definition) is 6. The highest BCUT2D eigenvalue weighted by Gasteiger charge is 2.29. The molecule has 4 rings (SSSR count). The summed E-state index contributed by atoms with van der Waals surface area (Å²) in [5, 5.41) is 3.53. The summed E-state index contributed by atoms with van der Waals surface area (Å²) in [6.45, 7) is 6.11. The van der Waals surface area contributed by atoms with Gasteiger partial charge in [-0.25, -0.2) is 4.98 Å². The Bertz CT molecular complexity index is 1050. The maximum absolute atomic E-state index is 12.8. The number of nitrogens with one attached hydrogen (secondary N) is 1.